The molecule has 1 aromatic heterocycles. The molecule has 6 nitrogen and oxygen atoms in total. The number of amides is 1. The first kappa shape index (κ1) is 14.3. The Hall–Kier alpha value is -1.76. The Labute approximate surface area is 110 Å². The number of nitrogens with zero attached hydrogens (tertiary/aromatic N) is 3. The van der Waals surface area contributed by atoms with Crippen LogP contribution in [0.4, 0.5) is 0 Å². The highest BCUT2D eigenvalue weighted by molar-refractivity contribution is 7.80. The van der Waals surface area contributed by atoms with Crippen LogP contribution in [0.25, 0.3) is 0 Å². The lowest BCUT2D eigenvalue weighted by atomic mass is 10.3. The Morgan fingerprint density at radius 2 is 2.28 bits per heavy atom. The summed E-state index contributed by atoms with van der Waals surface area (Å²) in [5.41, 5.74) is 5.15. The van der Waals surface area contributed by atoms with Crippen LogP contribution in [-0.2, 0) is 11.3 Å². The van der Waals surface area contributed by atoms with E-state index in [9.17, 15) is 9.59 Å². The van der Waals surface area contributed by atoms with Crippen LogP contribution in [0, 0.1) is 0 Å². The zero-order valence-corrected chi connectivity index (χ0v) is 11.0. The van der Waals surface area contributed by atoms with E-state index in [1.54, 1.807) is 18.0 Å². The fourth-order valence-corrected chi connectivity index (χ4v) is 1.44. The van der Waals surface area contributed by atoms with Crippen molar-refractivity contribution in [2.75, 3.05) is 13.6 Å². The van der Waals surface area contributed by atoms with Gasteiger partial charge in [-0.05, 0) is 6.07 Å². The van der Waals surface area contributed by atoms with E-state index in [-0.39, 0.29) is 24.4 Å². The third-order valence-corrected chi connectivity index (χ3v) is 2.65. The van der Waals surface area contributed by atoms with Crippen molar-refractivity contribution >= 4 is 23.1 Å². The molecular weight excluding hydrogens is 252 g/mol. The van der Waals surface area contributed by atoms with E-state index in [4.69, 9.17) is 18.0 Å². The lowest BCUT2D eigenvalue weighted by molar-refractivity contribution is -0.130. The molecule has 0 fully saturated rings. The fraction of sp³-hybridized carbons (Fsp3) is 0.455. The summed E-state index contributed by atoms with van der Waals surface area (Å²) < 4.78 is 1.26. The summed E-state index contributed by atoms with van der Waals surface area (Å²) in [6.07, 6.45) is 2.24. The van der Waals surface area contributed by atoms with Gasteiger partial charge in [0, 0.05) is 38.7 Å². The van der Waals surface area contributed by atoms with Crippen molar-refractivity contribution in [3.05, 3.63) is 28.7 Å². The molecule has 0 atom stereocenters. The maximum Gasteiger partial charge on any atom is 0.266 e. The monoisotopic (exact) mass is 268 g/mol. The van der Waals surface area contributed by atoms with Gasteiger partial charge in [-0.1, -0.05) is 12.2 Å². The van der Waals surface area contributed by atoms with Gasteiger partial charge < -0.3 is 10.6 Å². The molecule has 1 rings (SSSR count). The number of carbonyl (C=O) groups is 1. The van der Waals surface area contributed by atoms with Gasteiger partial charge in [0.2, 0.25) is 5.91 Å². The van der Waals surface area contributed by atoms with E-state index in [0.717, 1.165) is 0 Å². The number of rotatable bonds is 6. The van der Waals surface area contributed by atoms with Crippen LogP contribution in [0.3, 0.4) is 0 Å². The molecule has 0 aliphatic carbocycles. The van der Waals surface area contributed by atoms with E-state index in [1.807, 2.05) is 0 Å². The van der Waals surface area contributed by atoms with Crippen LogP contribution in [0.15, 0.2) is 23.1 Å². The lowest BCUT2D eigenvalue weighted by Crippen LogP contribution is -2.32. The quantitative estimate of drug-likeness (QED) is 0.721. The molecule has 1 amide bonds. The predicted molar refractivity (Wildman–Crippen MR) is 72.2 cm³/mol. The van der Waals surface area contributed by atoms with Crippen molar-refractivity contribution in [2.45, 2.75) is 19.4 Å². The van der Waals surface area contributed by atoms with Gasteiger partial charge in [-0.3, -0.25) is 9.59 Å². The molecule has 0 saturated heterocycles. The molecule has 0 aromatic carbocycles. The first-order valence-corrected chi connectivity index (χ1v) is 5.96. The first-order valence-electron chi connectivity index (χ1n) is 5.55. The molecule has 1 heterocycles. The second-order valence-electron chi connectivity index (χ2n) is 3.87. The minimum absolute atomic E-state index is 0.0659. The second kappa shape index (κ2) is 6.85. The SMILES string of the molecule is CN(CCC(N)=S)C(=O)CCn1ncccc1=O. The summed E-state index contributed by atoms with van der Waals surface area (Å²) in [6, 6.07) is 2.98. The van der Waals surface area contributed by atoms with Gasteiger partial charge in [0.25, 0.3) is 5.56 Å². The molecule has 98 valence electrons. The Bertz CT molecular complexity index is 486. The van der Waals surface area contributed by atoms with Gasteiger partial charge in [-0.15, -0.1) is 0 Å². The lowest BCUT2D eigenvalue weighted by Gasteiger charge is -2.16. The summed E-state index contributed by atoms with van der Waals surface area (Å²) >= 11 is 4.74. The second-order valence-corrected chi connectivity index (χ2v) is 4.39. The number of hydrogen-bond acceptors (Lipinski definition) is 4. The number of carbonyl (C=O) groups excluding carboxylic acids is 1. The van der Waals surface area contributed by atoms with Gasteiger partial charge in [-0.2, -0.15) is 5.10 Å². The molecule has 1 aromatic rings. The fourth-order valence-electron chi connectivity index (χ4n) is 1.35. The Kier molecular flexibility index (Phi) is 5.44. The maximum absolute atomic E-state index is 11.7. The molecule has 0 spiro atoms. The van der Waals surface area contributed by atoms with Crippen LogP contribution in [-0.4, -0.2) is 39.2 Å². The molecule has 0 bridgehead atoms. The van der Waals surface area contributed by atoms with E-state index < -0.39 is 0 Å². The highest BCUT2D eigenvalue weighted by Crippen LogP contribution is 1.95. The molecule has 0 unspecified atom stereocenters. The van der Waals surface area contributed by atoms with Crippen LogP contribution in [0.1, 0.15) is 12.8 Å². The van der Waals surface area contributed by atoms with Gasteiger partial charge in [0.05, 0.1) is 11.5 Å². The number of hydrogen-bond donors (Lipinski definition) is 1. The average molecular weight is 268 g/mol. The molecule has 0 aliphatic rings. The van der Waals surface area contributed by atoms with E-state index >= 15 is 0 Å². The van der Waals surface area contributed by atoms with Crippen molar-refractivity contribution in [2.24, 2.45) is 5.73 Å². The molecule has 0 radical (unpaired) electrons. The molecule has 2 N–H and O–H groups in total. The summed E-state index contributed by atoms with van der Waals surface area (Å²) in [7, 11) is 1.68. The summed E-state index contributed by atoms with van der Waals surface area (Å²) in [5.74, 6) is -0.0659. The zero-order valence-electron chi connectivity index (χ0n) is 10.2. The molecule has 0 saturated carbocycles. The Morgan fingerprint density at radius 3 is 2.89 bits per heavy atom. The molecular formula is C11H16N4O2S. The minimum Gasteiger partial charge on any atom is -0.393 e. The van der Waals surface area contributed by atoms with Crippen molar-refractivity contribution < 1.29 is 4.79 Å². The largest absolute Gasteiger partial charge is 0.393 e. The number of aromatic nitrogens is 2. The van der Waals surface area contributed by atoms with E-state index in [1.165, 1.54) is 16.9 Å². The van der Waals surface area contributed by atoms with Gasteiger partial charge in [0.1, 0.15) is 0 Å². The summed E-state index contributed by atoms with van der Waals surface area (Å²) in [4.78, 5) is 25.0. The number of nitrogens with two attached hydrogens (primary N) is 1. The molecule has 7 heteroatoms. The van der Waals surface area contributed by atoms with Crippen molar-refractivity contribution in [1.82, 2.24) is 14.7 Å². The van der Waals surface area contributed by atoms with Crippen molar-refractivity contribution in [3.8, 4) is 0 Å². The van der Waals surface area contributed by atoms with Crippen molar-refractivity contribution in [3.63, 3.8) is 0 Å². The maximum atomic E-state index is 11.7. The normalized spacial score (nSPS) is 10.1. The third kappa shape index (κ3) is 4.62. The smallest absolute Gasteiger partial charge is 0.266 e. The molecule has 0 aliphatic heterocycles. The molecule has 18 heavy (non-hydrogen) atoms. The topological polar surface area (TPSA) is 81.2 Å². The Morgan fingerprint density at radius 1 is 1.56 bits per heavy atom. The Balaban J connectivity index is 2.44. The van der Waals surface area contributed by atoms with Gasteiger partial charge in [-0.25, -0.2) is 4.68 Å². The van der Waals surface area contributed by atoms with E-state index in [0.29, 0.717) is 18.0 Å². The zero-order chi connectivity index (χ0) is 13.5. The summed E-state index contributed by atoms with van der Waals surface area (Å²) in [5, 5.41) is 3.88. The predicted octanol–water partition coefficient (Wildman–Crippen LogP) is -0.232. The van der Waals surface area contributed by atoms with Crippen LogP contribution in [0.2, 0.25) is 0 Å². The summed E-state index contributed by atoms with van der Waals surface area (Å²) in [6.45, 7) is 0.765. The van der Waals surface area contributed by atoms with Crippen LogP contribution < -0.4 is 11.3 Å². The van der Waals surface area contributed by atoms with Crippen LogP contribution >= 0.6 is 12.2 Å². The van der Waals surface area contributed by atoms with Crippen LogP contribution in [0.5, 0.6) is 0 Å². The first-order chi connectivity index (χ1) is 8.50. The van der Waals surface area contributed by atoms with Crippen molar-refractivity contribution in [1.29, 1.82) is 0 Å². The van der Waals surface area contributed by atoms with E-state index in [2.05, 4.69) is 5.10 Å². The number of aryl methyl sites for hydroxylation is 1. The highest BCUT2D eigenvalue weighted by atomic mass is 32.1. The van der Waals surface area contributed by atoms with Gasteiger partial charge in [0.15, 0.2) is 0 Å². The average Bonchev–Trinajstić information content (AvgIpc) is 2.34. The highest BCUT2D eigenvalue weighted by Gasteiger charge is 2.09. The van der Waals surface area contributed by atoms with Gasteiger partial charge >= 0.3 is 0 Å². The standard InChI is InChI=1S/C11H16N4O2S/c1-14(7-4-9(12)18)10(16)5-8-15-11(17)3-2-6-13-15/h2-3,6H,4-5,7-8H2,1H3,(H2,12,18). The minimum atomic E-state index is -0.212. The number of thiocarbonyl (C=S) groups is 1. The third-order valence-electron chi connectivity index (χ3n) is 2.44.